The first kappa shape index (κ1) is 16.2. The van der Waals surface area contributed by atoms with Crippen molar-refractivity contribution in [2.24, 2.45) is 0 Å². The minimum absolute atomic E-state index is 0.484. The van der Waals surface area contributed by atoms with E-state index in [1.165, 1.54) is 19.3 Å². The molecule has 0 radical (unpaired) electrons. The topological polar surface area (TPSA) is 47.0 Å². The van der Waals surface area contributed by atoms with E-state index in [4.69, 9.17) is 4.74 Å². The summed E-state index contributed by atoms with van der Waals surface area (Å²) in [5, 5.41) is 4.28. The molecule has 1 N–H and O–H groups in total. The molecule has 0 saturated carbocycles. The van der Waals surface area contributed by atoms with Gasteiger partial charge >= 0.3 is 0 Å². The minimum Gasteiger partial charge on any atom is -0.374 e. The average molecular weight is 283 g/mol. The zero-order valence-corrected chi connectivity index (χ0v) is 13.1. The molecule has 108 valence electrons. The van der Waals surface area contributed by atoms with Gasteiger partial charge in [-0.15, -0.1) is 11.8 Å². The maximum Gasteiger partial charge on any atom is 0.157 e. The van der Waals surface area contributed by atoms with Gasteiger partial charge in [0.25, 0.3) is 0 Å². The van der Waals surface area contributed by atoms with Crippen LogP contribution in [-0.4, -0.2) is 28.9 Å². The van der Waals surface area contributed by atoms with Gasteiger partial charge in [-0.1, -0.05) is 19.8 Å². The highest BCUT2D eigenvalue weighted by Crippen LogP contribution is 2.20. The normalized spacial score (nSPS) is 10.7. The summed E-state index contributed by atoms with van der Waals surface area (Å²) in [4.78, 5) is 8.98. The van der Waals surface area contributed by atoms with Gasteiger partial charge in [-0.2, -0.15) is 0 Å². The average Bonchev–Trinajstić information content (AvgIpc) is 2.42. The molecule has 0 aromatic carbocycles. The zero-order valence-electron chi connectivity index (χ0n) is 12.2. The van der Waals surface area contributed by atoms with Gasteiger partial charge in [0, 0.05) is 19.2 Å². The SMILES string of the molecule is CCCCCSc1cc(NCC)nc(COCC)n1. The number of aromatic nitrogens is 2. The molecule has 1 rings (SSSR count). The lowest BCUT2D eigenvalue weighted by Crippen LogP contribution is -2.06. The first-order chi connectivity index (χ1) is 9.30. The maximum absolute atomic E-state index is 5.39. The van der Waals surface area contributed by atoms with E-state index in [-0.39, 0.29) is 0 Å². The van der Waals surface area contributed by atoms with Crippen LogP contribution in [0.15, 0.2) is 11.1 Å². The molecule has 0 aliphatic heterocycles. The van der Waals surface area contributed by atoms with Crippen LogP contribution in [0.2, 0.25) is 0 Å². The fraction of sp³-hybridized carbons (Fsp3) is 0.714. The van der Waals surface area contributed by atoms with Crippen molar-refractivity contribution in [2.75, 3.05) is 24.2 Å². The van der Waals surface area contributed by atoms with Crippen LogP contribution in [0.4, 0.5) is 5.82 Å². The Kier molecular flexibility index (Phi) is 8.58. The predicted octanol–water partition coefficient (Wildman–Crippen LogP) is 3.73. The van der Waals surface area contributed by atoms with Crippen LogP contribution in [0.1, 0.15) is 45.9 Å². The van der Waals surface area contributed by atoms with Crippen LogP contribution < -0.4 is 5.32 Å². The van der Waals surface area contributed by atoms with Gasteiger partial charge in [-0.25, -0.2) is 9.97 Å². The van der Waals surface area contributed by atoms with Crippen LogP contribution in [0.5, 0.6) is 0 Å². The lowest BCUT2D eigenvalue weighted by molar-refractivity contribution is 0.128. The Balaban J connectivity index is 2.63. The van der Waals surface area contributed by atoms with Gasteiger partial charge in [-0.05, 0) is 26.0 Å². The third-order valence-electron chi connectivity index (χ3n) is 2.54. The molecule has 19 heavy (non-hydrogen) atoms. The molecule has 0 aliphatic carbocycles. The van der Waals surface area contributed by atoms with Crippen LogP contribution in [0.3, 0.4) is 0 Å². The molecule has 1 heterocycles. The summed E-state index contributed by atoms with van der Waals surface area (Å²) < 4.78 is 5.39. The second kappa shape index (κ2) is 10.0. The van der Waals surface area contributed by atoms with E-state index in [1.807, 2.05) is 13.0 Å². The van der Waals surface area contributed by atoms with Crippen LogP contribution in [0.25, 0.3) is 0 Å². The van der Waals surface area contributed by atoms with Crippen molar-refractivity contribution in [3.8, 4) is 0 Å². The number of unbranched alkanes of at least 4 members (excludes halogenated alkanes) is 2. The lowest BCUT2D eigenvalue weighted by Gasteiger charge is -2.08. The predicted molar refractivity (Wildman–Crippen MR) is 81.8 cm³/mol. The number of anilines is 1. The first-order valence-electron chi connectivity index (χ1n) is 7.12. The van der Waals surface area contributed by atoms with Crippen molar-refractivity contribution < 1.29 is 4.74 Å². The number of hydrogen-bond donors (Lipinski definition) is 1. The second-order valence-corrected chi connectivity index (χ2v) is 5.35. The molecule has 0 fully saturated rings. The second-order valence-electron chi connectivity index (χ2n) is 4.23. The quantitative estimate of drug-likeness (QED) is 0.403. The van der Waals surface area contributed by atoms with E-state index in [0.717, 1.165) is 29.0 Å². The van der Waals surface area contributed by atoms with Gasteiger partial charge in [0.15, 0.2) is 5.82 Å². The molecule has 0 aliphatic rings. The Morgan fingerprint density at radius 1 is 1.21 bits per heavy atom. The first-order valence-corrected chi connectivity index (χ1v) is 8.11. The van der Waals surface area contributed by atoms with Crippen molar-refractivity contribution in [1.82, 2.24) is 9.97 Å². The minimum atomic E-state index is 0.484. The van der Waals surface area contributed by atoms with E-state index in [0.29, 0.717) is 13.2 Å². The molecule has 0 spiro atoms. The Morgan fingerprint density at radius 2 is 2.05 bits per heavy atom. The van der Waals surface area contributed by atoms with Crippen molar-refractivity contribution in [3.05, 3.63) is 11.9 Å². The van der Waals surface area contributed by atoms with E-state index in [9.17, 15) is 0 Å². The largest absolute Gasteiger partial charge is 0.374 e. The summed E-state index contributed by atoms with van der Waals surface area (Å²) in [5.41, 5.74) is 0. The van der Waals surface area contributed by atoms with Gasteiger partial charge in [0.05, 0.1) is 0 Å². The summed E-state index contributed by atoms with van der Waals surface area (Å²) in [6.45, 7) is 8.31. The number of thioether (sulfide) groups is 1. The van der Waals surface area contributed by atoms with E-state index in [1.54, 1.807) is 11.8 Å². The standard InChI is InChI=1S/C14H25N3OS/c1-4-7-8-9-19-14-10-12(15-5-2)16-13(17-14)11-18-6-3/h10H,4-9,11H2,1-3H3,(H,15,16,17). The number of nitrogens with zero attached hydrogens (tertiary/aromatic N) is 2. The van der Waals surface area contributed by atoms with Crippen molar-refractivity contribution >= 4 is 17.6 Å². The third kappa shape index (κ3) is 6.78. The Bertz CT molecular complexity index is 361. The Hall–Kier alpha value is -0.810. The number of hydrogen-bond acceptors (Lipinski definition) is 5. The van der Waals surface area contributed by atoms with Crippen LogP contribution >= 0.6 is 11.8 Å². The highest BCUT2D eigenvalue weighted by Gasteiger charge is 2.05. The molecule has 0 saturated heterocycles. The molecule has 1 aromatic rings. The van der Waals surface area contributed by atoms with E-state index in [2.05, 4.69) is 29.1 Å². The molecule has 0 bridgehead atoms. The molecule has 0 atom stereocenters. The molecule has 4 nitrogen and oxygen atoms in total. The van der Waals surface area contributed by atoms with Crippen molar-refractivity contribution in [2.45, 2.75) is 51.7 Å². The fourth-order valence-electron chi connectivity index (χ4n) is 1.61. The zero-order chi connectivity index (χ0) is 13.9. The Morgan fingerprint density at radius 3 is 2.74 bits per heavy atom. The fourth-order valence-corrected chi connectivity index (χ4v) is 2.53. The molecule has 5 heteroatoms. The van der Waals surface area contributed by atoms with Gasteiger partial charge in [-0.3, -0.25) is 0 Å². The lowest BCUT2D eigenvalue weighted by atomic mass is 10.3. The third-order valence-corrected chi connectivity index (χ3v) is 3.54. The number of rotatable bonds is 10. The van der Waals surface area contributed by atoms with Gasteiger partial charge < -0.3 is 10.1 Å². The highest BCUT2D eigenvalue weighted by atomic mass is 32.2. The smallest absolute Gasteiger partial charge is 0.157 e. The summed E-state index contributed by atoms with van der Waals surface area (Å²) in [5.74, 6) is 2.77. The monoisotopic (exact) mass is 283 g/mol. The summed E-state index contributed by atoms with van der Waals surface area (Å²) >= 11 is 1.80. The van der Waals surface area contributed by atoms with Crippen molar-refractivity contribution in [1.29, 1.82) is 0 Å². The van der Waals surface area contributed by atoms with E-state index >= 15 is 0 Å². The van der Waals surface area contributed by atoms with Crippen molar-refractivity contribution in [3.63, 3.8) is 0 Å². The molecular formula is C14H25N3OS. The Labute approximate surface area is 120 Å². The van der Waals surface area contributed by atoms with Crippen LogP contribution in [-0.2, 0) is 11.3 Å². The van der Waals surface area contributed by atoms with E-state index < -0.39 is 0 Å². The number of ether oxygens (including phenoxy) is 1. The van der Waals surface area contributed by atoms with Gasteiger partial charge in [0.2, 0.25) is 0 Å². The maximum atomic E-state index is 5.39. The molecule has 1 aromatic heterocycles. The van der Waals surface area contributed by atoms with Gasteiger partial charge in [0.1, 0.15) is 17.5 Å². The molecule has 0 unspecified atom stereocenters. The number of nitrogens with one attached hydrogen (secondary N) is 1. The summed E-state index contributed by atoms with van der Waals surface area (Å²) in [6, 6.07) is 2.02. The van der Waals surface area contributed by atoms with Crippen LogP contribution in [0, 0.1) is 0 Å². The molecule has 0 amide bonds. The summed E-state index contributed by atoms with van der Waals surface area (Å²) in [7, 11) is 0. The summed E-state index contributed by atoms with van der Waals surface area (Å²) in [6.07, 6.45) is 3.77. The molecular weight excluding hydrogens is 258 g/mol. The highest BCUT2D eigenvalue weighted by molar-refractivity contribution is 7.99.